The normalized spacial score (nSPS) is 11.6. The van der Waals surface area contributed by atoms with Gasteiger partial charge in [0.15, 0.2) is 11.6 Å². The second-order valence-corrected chi connectivity index (χ2v) is 14.1. The topological polar surface area (TPSA) is 48.5 Å². The van der Waals surface area contributed by atoms with Crippen LogP contribution in [0, 0.1) is 0 Å². The van der Waals surface area contributed by atoms with Crippen LogP contribution in [0.1, 0.15) is 0 Å². The van der Waals surface area contributed by atoms with Gasteiger partial charge in [0.25, 0.3) is 0 Å². The first-order chi connectivity index (χ1) is 27.7. The molecule has 5 nitrogen and oxygen atoms in total. The highest BCUT2D eigenvalue weighted by atomic mass is 15.2. The van der Waals surface area contributed by atoms with Crippen molar-refractivity contribution in [3.8, 4) is 45.5 Å². The Balaban J connectivity index is 1.42. The van der Waals surface area contributed by atoms with Crippen LogP contribution in [0.4, 0.5) is 0 Å². The predicted octanol–water partition coefficient (Wildman–Crippen LogP) is 2.62. The number of hydrogen-bond donors (Lipinski definition) is 0. The van der Waals surface area contributed by atoms with Gasteiger partial charge in [0.05, 0.1) is 5.52 Å². The standard InChI is InChI=1S/C45H22B7N5/c46-27-20-29-33-41-35(37(51)38(52)42(33)56(39(29)31(48)21-27)28-17-8-3-9-18-28)34-36(50)30(47)22-32(49)40(34)57(41)45-54-43(24-13-6-2-7-14-24)53-44(55-45)26-16-10-15-25(19-26)23-11-4-1-5-12-23/h1-22H. The Morgan fingerprint density at radius 2 is 0.947 bits per heavy atom. The molecule has 0 atom stereocenters. The molecule has 0 aliphatic heterocycles. The monoisotopic (exact) mass is 709 g/mol. The van der Waals surface area contributed by atoms with Crippen molar-refractivity contribution in [3.05, 3.63) is 133 Å². The summed E-state index contributed by atoms with van der Waals surface area (Å²) in [5, 5.41) is 2.47. The molecule has 0 unspecified atom stereocenters. The molecule has 0 aliphatic carbocycles. The third-order valence-corrected chi connectivity index (χ3v) is 10.6. The average molecular weight is 708 g/mol. The summed E-state index contributed by atoms with van der Waals surface area (Å²) in [5.41, 5.74) is 9.27. The second kappa shape index (κ2) is 13.4. The van der Waals surface area contributed by atoms with Crippen molar-refractivity contribution in [3.63, 3.8) is 0 Å². The van der Waals surface area contributed by atoms with Gasteiger partial charge in [-0.2, -0.15) is 9.97 Å². The van der Waals surface area contributed by atoms with Gasteiger partial charge in [-0.1, -0.05) is 148 Å². The lowest BCUT2D eigenvalue weighted by Crippen LogP contribution is -2.33. The first-order valence-corrected chi connectivity index (χ1v) is 18.2. The molecule has 12 heteroatoms. The molecule has 57 heavy (non-hydrogen) atoms. The van der Waals surface area contributed by atoms with Crippen molar-refractivity contribution in [2.45, 2.75) is 0 Å². The van der Waals surface area contributed by atoms with Crippen molar-refractivity contribution >= 4 is 137 Å². The van der Waals surface area contributed by atoms with Gasteiger partial charge in [0.1, 0.15) is 54.9 Å². The van der Waals surface area contributed by atoms with Crippen molar-refractivity contribution in [1.29, 1.82) is 0 Å². The predicted molar refractivity (Wildman–Crippen MR) is 243 cm³/mol. The Bertz CT molecular complexity index is 3260. The molecule has 10 aromatic rings. The molecule has 7 aromatic carbocycles. The molecule has 3 aromatic heterocycles. The SMILES string of the molecule is [B]c1cc([B])c2c(c1)c1c(c([B])c([B])c3c4c([B])c([B])cc([B])c4n(-c4nc(-c5ccccc5)nc(-c5cccc(-c6ccccc6)c5)n4)c31)n2-c1ccccc1. The van der Waals surface area contributed by atoms with E-state index in [1.54, 1.807) is 12.1 Å². The molecule has 14 radical (unpaired) electrons. The lowest BCUT2D eigenvalue weighted by atomic mass is 9.71. The Labute approximate surface area is 338 Å². The highest BCUT2D eigenvalue weighted by molar-refractivity contribution is 6.64. The van der Waals surface area contributed by atoms with E-state index in [0.717, 1.165) is 33.3 Å². The number of aromatic nitrogens is 5. The van der Waals surface area contributed by atoms with Crippen molar-refractivity contribution in [1.82, 2.24) is 24.1 Å². The smallest absolute Gasteiger partial charge is 0.238 e. The van der Waals surface area contributed by atoms with Gasteiger partial charge >= 0.3 is 0 Å². The van der Waals surface area contributed by atoms with Crippen LogP contribution in [-0.2, 0) is 0 Å². The van der Waals surface area contributed by atoms with E-state index in [9.17, 15) is 0 Å². The molecule has 0 saturated heterocycles. The fourth-order valence-electron chi connectivity index (χ4n) is 8.11. The van der Waals surface area contributed by atoms with E-state index in [4.69, 9.17) is 69.9 Å². The van der Waals surface area contributed by atoms with Gasteiger partial charge in [-0.25, -0.2) is 4.98 Å². The maximum atomic E-state index is 7.16. The third kappa shape index (κ3) is 5.45. The number of hydrogen-bond acceptors (Lipinski definition) is 3. The van der Waals surface area contributed by atoms with Crippen molar-refractivity contribution < 1.29 is 0 Å². The quantitative estimate of drug-likeness (QED) is 0.259. The van der Waals surface area contributed by atoms with Gasteiger partial charge < -0.3 is 4.57 Å². The van der Waals surface area contributed by atoms with Gasteiger partial charge in [-0.3, -0.25) is 4.57 Å². The number of rotatable bonds is 5. The van der Waals surface area contributed by atoms with Crippen LogP contribution in [-0.4, -0.2) is 79.0 Å². The molecule has 0 amide bonds. The van der Waals surface area contributed by atoms with Crippen molar-refractivity contribution in [2.24, 2.45) is 0 Å². The highest BCUT2D eigenvalue weighted by Crippen LogP contribution is 2.39. The third-order valence-electron chi connectivity index (χ3n) is 10.6. The minimum atomic E-state index is 0.266. The summed E-state index contributed by atoms with van der Waals surface area (Å²) >= 11 is 0. The van der Waals surface area contributed by atoms with Crippen LogP contribution >= 0.6 is 0 Å². The van der Waals surface area contributed by atoms with Crippen LogP contribution in [0.15, 0.2) is 133 Å². The summed E-state index contributed by atoms with van der Waals surface area (Å²) < 4.78 is 3.90. The number of para-hydroxylation sites is 1. The van der Waals surface area contributed by atoms with Crippen LogP contribution in [0.25, 0.3) is 89.2 Å². The molecule has 0 fully saturated rings. The molecule has 248 valence electrons. The summed E-state index contributed by atoms with van der Waals surface area (Å²) in [6, 6.07) is 43.0. The van der Waals surface area contributed by atoms with Gasteiger partial charge in [0, 0.05) is 49.5 Å². The fourth-order valence-corrected chi connectivity index (χ4v) is 8.11. The largest absolute Gasteiger partial charge is 0.310 e. The number of nitrogens with zero attached hydrogens (tertiary/aromatic N) is 5. The van der Waals surface area contributed by atoms with E-state index in [1.807, 2.05) is 106 Å². The van der Waals surface area contributed by atoms with E-state index in [0.29, 0.717) is 71.7 Å². The Hall–Kier alpha value is -6.40. The van der Waals surface area contributed by atoms with Crippen LogP contribution in [0.2, 0.25) is 0 Å². The summed E-state index contributed by atoms with van der Waals surface area (Å²) in [5.74, 6) is 1.15. The summed E-state index contributed by atoms with van der Waals surface area (Å²) in [6.45, 7) is 0. The average Bonchev–Trinajstić information content (AvgIpc) is 3.78. The van der Waals surface area contributed by atoms with Crippen LogP contribution in [0.3, 0.4) is 0 Å². The molecule has 0 bridgehead atoms. The Morgan fingerprint density at radius 3 is 1.65 bits per heavy atom. The van der Waals surface area contributed by atoms with E-state index in [1.165, 1.54) is 0 Å². The number of fused-ring (bicyclic) bond motifs is 7. The lowest BCUT2D eigenvalue weighted by Gasteiger charge is -2.15. The fraction of sp³-hybridized carbons (Fsp3) is 0. The Kier molecular flexibility index (Phi) is 8.22. The molecule has 0 N–H and O–H groups in total. The lowest BCUT2D eigenvalue weighted by molar-refractivity contribution is 0.956. The molecular formula is C45H22B7N5. The molecule has 0 saturated carbocycles. The van der Waals surface area contributed by atoms with Crippen molar-refractivity contribution in [2.75, 3.05) is 0 Å². The van der Waals surface area contributed by atoms with E-state index >= 15 is 0 Å². The van der Waals surface area contributed by atoms with E-state index in [-0.39, 0.29) is 22.3 Å². The first-order valence-electron chi connectivity index (χ1n) is 18.2. The van der Waals surface area contributed by atoms with Gasteiger partial charge in [-0.15, -0.1) is 5.46 Å². The summed E-state index contributed by atoms with van der Waals surface area (Å²) in [6.07, 6.45) is 0. The van der Waals surface area contributed by atoms with E-state index in [2.05, 4.69) is 24.3 Å². The molecule has 3 heterocycles. The maximum absolute atomic E-state index is 7.16. The maximum Gasteiger partial charge on any atom is 0.238 e. The Morgan fingerprint density at radius 1 is 0.368 bits per heavy atom. The second-order valence-electron chi connectivity index (χ2n) is 14.1. The zero-order chi connectivity index (χ0) is 39.1. The first kappa shape index (κ1) is 35.0. The minimum absolute atomic E-state index is 0.266. The molecule has 0 aliphatic rings. The van der Waals surface area contributed by atoms with E-state index < -0.39 is 0 Å². The number of benzene rings is 7. The minimum Gasteiger partial charge on any atom is -0.310 e. The molecule has 10 rings (SSSR count). The van der Waals surface area contributed by atoms with Gasteiger partial charge in [-0.05, 0) is 34.7 Å². The van der Waals surface area contributed by atoms with Crippen LogP contribution in [0.5, 0.6) is 0 Å². The highest BCUT2D eigenvalue weighted by Gasteiger charge is 2.28. The zero-order valence-electron chi connectivity index (χ0n) is 30.5. The summed E-state index contributed by atoms with van der Waals surface area (Å²) in [4.78, 5) is 15.4. The zero-order valence-corrected chi connectivity index (χ0v) is 30.5. The molecular weight excluding hydrogens is 686 g/mol. The van der Waals surface area contributed by atoms with Crippen LogP contribution < -0.4 is 38.2 Å². The molecule has 0 spiro atoms. The summed E-state index contributed by atoms with van der Waals surface area (Å²) in [7, 11) is 48.1. The van der Waals surface area contributed by atoms with Gasteiger partial charge in [0.2, 0.25) is 5.95 Å².